The van der Waals surface area contributed by atoms with Crippen molar-refractivity contribution in [1.29, 1.82) is 0 Å². The maximum absolute atomic E-state index is 12.8. The van der Waals surface area contributed by atoms with Crippen molar-refractivity contribution in [1.82, 2.24) is 9.47 Å². The molecule has 2 fully saturated rings. The van der Waals surface area contributed by atoms with Crippen LogP contribution in [0, 0.1) is 6.92 Å². The Kier molecular flexibility index (Phi) is 4.09. The molecular weight excluding hydrogens is 320 g/mol. The first-order valence-electron chi connectivity index (χ1n) is 8.73. The highest BCUT2D eigenvalue weighted by molar-refractivity contribution is 5.82. The second kappa shape index (κ2) is 6.28. The highest BCUT2D eigenvalue weighted by Gasteiger charge is 2.40. The van der Waals surface area contributed by atoms with Gasteiger partial charge in [0, 0.05) is 31.5 Å². The van der Waals surface area contributed by atoms with Crippen LogP contribution in [0.1, 0.15) is 18.4 Å². The molecule has 1 spiro atoms. The summed E-state index contributed by atoms with van der Waals surface area (Å²) in [7, 11) is 0. The summed E-state index contributed by atoms with van der Waals surface area (Å²) < 4.78 is 13.0. The summed E-state index contributed by atoms with van der Waals surface area (Å²) in [6.07, 6.45) is 1.37. The Hall–Kier alpha value is -2.18. The van der Waals surface area contributed by atoms with Crippen LogP contribution < -0.4 is 5.56 Å². The lowest BCUT2D eigenvalue weighted by Crippen LogP contribution is -2.48. The summed E-state index contributed by atoms with van der Waals surface area (Å²) in [5.74, 6) is -0.533. The van der Waals surface area contributed by atoms with Crippen molar-refractivity contribution in [3.8, 4) is 0 Å². The van der Waals surface area contributed by atoms with Gasteiger partial charge in [-0.25, -0.2) is 0 Å². The Morgan fingerprint density at radius 2 is 1.84 bits per heavy atom. The van der Waals surface area contributed by atoms with Gasteiger partial charge in [-0.2, -0.15) is 0 Å². The molecule has 4 rings (SSSR count). The fourth-order valence-corrected chi connectivity index (χ4v) is 3.75. The first-order valence-corrected chi connectivity index (χ1v) is 8.73. The molecule has 3 heterocycles. The molecule has 0 unspecified atom stereocenters. The molecule has 1 aromatic carbocycles. The normalized spacial score (nSPS) is 19.6. The van der Waals surface area contributed by atoms with Crippen molar-refractivity contribution in [3.63, 3.8) is 0 Å². The maximum Gasteiger partial charge on any atom is 0.254 e. The Balaban J connectivity index is 1.55. The van der Waals surface area contributed by atoms with E-state index in [1.54, 1.807) is 16.4 Å². The largest absolute Gasteiger partial charge is 0.347 e. The van der Waals surface area contributed by atoms with Gasteiger partial charge in [-0.3, -0.25) is 14.2 Å². The van der Waals surface area contributed by atoms with E-state index in [4.69, 9.17) is 9.47 Å². The third-order valence-electron chi connectivity index (χ3n) is 5.17. The van der Waals surface area contributed by atoms with Gasteiger partial charge in [0.05, 0.1) is 18.7 Å². The summed E-state index contributed by atoms with van der Waals surface area (Å²) in [5.41, 5.74) is 1.34. The average molecular weight is 342 g/mol. The zero-order valence-corrected chi connectivity index (χ0v) is 14.4. The summed E-state index contributed by atoms with van der Waals surface area (Å²) >= 11 is 0. The van der Waals surface area contributed by atoms with Crippen molar-refractivity contribution in [2.75, 3.05) is 26.3 Å². The molecule has 1 aromatic heterocycles. The Morgan fingerprint density at radius 1 is 1.16 bits per heavy atom. The number of likely N-dealkylation sites (tertiary alicyclic amines) is 1. The SMILES string of the molecule is Cc1cc2ccccc2n(CC(=O)N2CCC3(CC2)OCCO3)c1=O. The highest BCUT2D eigenvalue weighted by atomic mass is 16.7. The van der Waals surface area contributed by atoms with E-state index in [1.807, 2.05) is 30.3 Å². The van der Waals surface area contributed by atoms with E-state index in [0.717, 1.165) is 10.9 Å². The monoisotopic (exact) mass is 342 g/mol. The van der Waals surface area contributed by atoms with Crippen LogP contribution in [0.4, 0.5) is 0 Å². The number of para-hydroxylation sites is 1. The molecule has 1 amide bonds. The number of pyridine rings is 1. The van der Waals surface area contributed by atoms with Gasteiger partial charge < -0.3 is 14.4 Å². The molecule has 6 heteroatoms. The molecule has 2 aliphatic rings. The van der Waals surface area contributed by atoms with Gasteiger partial charge in [0.1, 0.15) is 6.54 Å². The summed E-state index contributed by atoms with van der Waals surface area (Å²) in [6.45, 7) is 4.29. The van der Waals surface area contributed by atoms with Gasteiger partial charge in [-0.1, -0.05) is 18.2 Å². The number of nitrogens with zero attached hydrogens (tertiary/aromatic N) is 2. The molecule has 25 heavy (non-hydrogen) atoms. The highest BCUT2D eigenvalue weighted by Crippen LogP contribution is 2.31. The van der Waals surface area contributed by atoms with Crippen LogP contribution in [0.5, 0.6) is 0 Å². The number of amides is 1. The molecule has 132 valence electrons. The minimum absolute atomic E-state index is 0.0364. The zero-order valence-electron chi connectivity index (χ0n) is 14.4. The van der Waals surface area contributed by atoms with Gasteiger partial charge >= 0.3 is 0 Å². The fraction of sp³-hybridized carbons (Fsp3) is 0.474. The van der Waals surface area contributed by atoms with Crippen LogP contribution in [0.25, 0.3) is 10.9 Å². The third kappa shape index (κ3) is 2.96. The van der Waals surface area contributed by atoms with Crippen LogP contribution in [-0.2, 0) is 20.8 Å². The first kappa shape index (κ1) is 16.3. The van der Waals surface area contributed by atoms with E-state index in [0.29, 0.717) is 44.7 Å². The molecule has 0 aliphatic carbocycles. The quantitative estimate of drug-likeness (QED) is 0.833. The lowest BCUT2D eigenvalue weighted by Gasteiger charge is -2.37. The lowest BCUT2D eigenvalue weighted by molar-refractivity contribution is -0.187. The van der Waals surface area contributed by atoms with Crippen LogP contribution in [0.2, 0.25) is 0 Å². The number of fused-ring (bicyclic) bond motifs is 1. The first-order chi connectivity index (χ1) is 12.1. The number of hydrogen-bond acceptors (Lipinski definition) is 4. The zero-order chi connectivity index (χ0) is 17.4. The number of carbonyl (C=O) groups excluding carboxylic acids is 1. The van der Waals surface area contributed by atoms with Crippen LogP contribution in [0.3, 0.4) is 0 Å². The Morgan fingerprint density at radius 3 is 2.56 bits per heavy atom. The molecule has 0 atom stereocenters. The average Bonchev–Trinajstić information content (AvgIpc) is 3.07. The predicted molar refractivity (Wildman–Crippen MR) is 93.4 cm³/mol. The molecule has 2 saturated heterocycles. The van der Waals surface area contributed by atoms with Crippen LogP contribution in [0.15, 0.2) is 35.1 Å². The van der Waals surface area contributed by atoms with Crippen LogP contribution >= 0.6 is 0 Å². The van der Waals surface area contributed by atoms with Gasteiger partial charge in [-0.15, -0.1) is 0 Å². The Labute approximate surface area is 145 Å². The van der Waals surface area contributed by atoms with Gasteiger partial charge in [0.2, 0.25) is 5.91 Å². The standard InChI is InChI=1S/C19H22N2O4/c1-14-12-15-4-2-3-5-16(15)21(18(14)23)13-17(22)20-8-6-19(7-9-20)24-10-11-25-19/h2-5,12H,6-11,13H2,1H3. The van der Waals surface area contributed by atoms with Crippen molar-refractivity contribution < 1.29 is 14.3 Å². The molecule has 0 saturated carbocycles. The molecular formula is C19H22N2O4. The number of piperidine rings is 1. The molecule has 2 aliphatic heterocycles. The molecule has 0 N–H and O–H groups in total. The van der Waals surface area contributed by atoms with E-state index < -0.39 is 5.79 Å². The van der Waals surface area contributed by atoms with E-state index >= 15 is 0 Å². The molecule has 2 aromatic rings. The number of aromatic nitrogens is 1. The number of rotatable bonds is 2. The number of carbonyl (C=O) groups is 1. The van der Waals surface area contributed by atoms with Crippen molar-refractivity contribution in [2.45, 2.75) is 32.1 Å². The number of aryl methyl sites for hydroxylation is 1. The summed E-state index contributed by atoms with van der Waals surface area (Å²) in [6, 6.07) is 9.54. The molecule has 6 nitrogen and oxygen atoms in total. The summed E-state index contributed by atoms with van der Waals surface area (Å²) in [5, 5.41) is 0.970. The van der Waals surface area contributed by atoms with Gasteiger partial charge in [0.25, 0.3) is 5.56 Å². The maximum atomic E-state index is 12.8. The minimum atomic E-state index is -0.496. The Bertz CT molecular complexity index is 857. The number of benzene rings is 1. The summed E-state index contributed by atoms with van der Waals surface area (Å²) in [4.78, 5) is 27.1. The van der Waals surface area contributed by atoms with Gasteiger partial charge in [0.15, 0.2) is 5.79 Å². The van der Waals surface area contributed by atoms with Crippen molar-refractivity contribution in [2.24, 2.45) is 0 Å². The second-order valence-electron chi connectivity index (χ2n) is 6.77. The van der Waals surface area contributed by atoms with Gasteiger partial charge in [-0.05, 0) is 24.4 Å². The van der Waals surface area contributed by atoms with E-state index in [-0.39, 0.29) is 18.0 Å². The minimum Gasteiger partial charge on any atom is -0.347 e. The fourth-order valence-electron chi connectivity index (χ4n) is 3.75. The number of hydrogen-bond donors (Lipinski definition) is 0. The lowest BCUT2D eigenvalue weighted by atomic mass is 10.0. The van der Waals surface area contributed by atoms with E-state index in [2.05, 4.69) is 0 Å². The molecule has 0 radical (unpaired) electrons. The van der Waals surface area contributed by atoms with Crippen molar-refractivity contribution in [3.05, 3.63) is 46.2 Å². The van der Waals surface area contributed by atoms with E-state index in [9.17, 15) is 9.59 Å². The number of ether oxygens (including phenoxy) is 2. The molecule has 0 bridgehead atoms. The topological polar surface area (TPSA) is 60.8 Å². The van der Waals surface area contributed by atoms with Crippen LogP contribution in [-0.4, -0.2) is 47.5 Å². The smallest absolute Gasteiger partial charge is 0.254 e. The third-order valence-corrected chi connectivity index (χ3v) is 5.17. The van der Waals surface area contributed by atoms with Crippen molar-refractivity contribution >= 4 is 16.8 Å². The van der Waals surface area contributed by atoms with E-state index in [1.165, 1.54) is 0 Å². The predicted octanol–water partition coefficient (Wildman–Crippen LogP) is 1.68. The second-order valence-corrected chi connectivity index (χ2v) is 6.77.